The molecule has 0 spiro atoms. The van der Waals surface area contributed by atoms with Crippen LogP contribution in [-0.4, -0.2) is 47.6 Å². The normalized spacial score (nSPS) is 24.8. The average molecular weight is 431 g/mol. The smallest absolute Gasteiger partial charge is 0.410 e. The number of rotatable bonds is 8. The second-order valence-electron chi connectivity index (χ2n) is 9.43. The minimum Gasteiger partial charge on any atom is -0.477 e. The molecule has 2 heterocycles. The molecule has 170 valence electrons. The van der Waals surface area contributed by atoms with E-state index >= 15 is 0 Å². The monoisotopic (exact) mass is 430 g/mol. The third-order valence-electron chi connectivity index (χ3n) is 6.90. The number of carbonyl (C=O) groups excluding carboxylic acids is 1. The first-order chi connectivity index (χ1) is 14.9. The second-order valence-corrected chi connectivity index (χ2v) is 9.43. The molecule has 31 heavy (non-hydrogen) atoms. The van der Waals surface area contributed by atoms with Gasteiger partial charge in [0.05, 0.1) is 18.5 Å². The van der Waals surface area contributed by atoms with Crippen LogP contribution < -0.4 is 21.4 Å². The molecule has 1 amide bonds. The molecule has 1 saturated heterocycles. The maximum Gasteiger partial charge on any atom is 0.410 e. The summed E-state index contributed by atoms with van der Waals surface area (Å²) in [4.78, 5) is 18.5. The lowest BCUT2D eigenvalue weighted by Gasteiger charge is -2.32. The van der Waals surface area contributed by atoms with Crippen LogP contribution in [-0.2, 0) is 4.74 Å². The maximum atomic E-state index is 12.3. The van der Waals surface area contributed by atoms with Gasteiger partial charge < -0.3 is 20.2 Å². The Kier molecular flexibility index (Phi) is 6.22. The van der Waals surface area contributed by atoms with Crippen LogP contribution in [0.2, 0.25) is 0 Å². The van der Waals surface area contributed by atoms with Crippen molar-refractivity contribution in [2.24, 2.45) is 34.5 Å². The van der Waals surface area contributed by atoms with Crippen molar-refractivity contribution in [3.05, 3.63) is 17.8 Å². The van der Waals surface area contributed by atoms with Crippen molar-refractivity contribution >= 4 is 18.1 Å². The van der Waals surface area contributed by atoms with E-state index < -0.39 is 0 Å². The third kappa shape index (κ3) is 5.39. The molecule has 2 atom stereocenters. The molecule has 1 aromatic rings. The lowest BCUT2D eigenvalue weighted by atomic mass is 9.91. The van der Waals surface area contributed by atoms with Gasteiger partial charge in [-0.25, -0.2) is 15.6 Å². The standard InChI is InChI=1S/C22H34N6O3/c1-15-11-18(28(24)14-26-23)13-25-20(15)30-10-5-17-12-19(17)16-3-8-27(9-4-16)21(29)31-22(2)6-7-22/h11,13-14,16-17,19H,3-10,12,23-24H2,1-2H3/b26-14-/t17-,19-/m1/s1. The first-order valence-corrected chi connectivity index (χ1v) is 11.2. The van der Waals surface area contributed by atoms with Crippen LogP contribution in [0, 0.1) is 24.7 Å². The fraction of sp³-hybridized carbons (Fsp3) is 0.682. The number of amides is 1. The van der Waals surface area contributed by atoms with Gasteiger partial charge in [-0.05, 0) is 76.2 Å². The molecule has 4 N–H and O–H groups in total. The fourth-order valence-corrected chi connectivity index (χ4v) is 4.53. The summed E-state index contributed by atoms with van der Waals surface area (Å²) in [6.45, 7) is 6.27. The number of nitrogens with two attached hydrogens (primary N) is 2. The molecule has 9 nitrogen and oxygen atoms in total. The van der Waals surface area contributed by atoms with Crippen molar-refractivity contribution in [3.63, 3.8) is 0 Å². The molecule has 4 rings (SSSR count). The van der Waals surface area contributed by atoms with E-state index in [-0.39, 0.29) is 11.7 Å². The number of aryl methyl sites for hydroxylation is 1. The zero-order valence-electron chi connectivity index (χ0n) is 18.5. The summed E-state index contributed by atoms with van der Waals surface area (Å²) in [5.41, 5.74) is 1.43. The van der Waals surface area contributed by atoms with Crippen molar-refractivity contribution in [1.29, 1.82) is 0 Å². The zero-order chi connectivity index (χ0) is 22.0. The number of hydrazine groups is 1. The Bertz CT molecular complexity index is 819. The van der Waals surface area contributed by atoms with Gasteiger partial charge in [-0.15, -0.1) is 0 Å². The first-order valence-electron chi connectivity index (χ1n) is 11.2. The Morgan fingerprint density at radius 1 is 1.42 bits per heavy atom. The molecule has 2 aliphatic carbocycles. The summed E-state index contributed by atoms with van der Waals surface area (Å²) < 4.78 is 11.5. The summed E-state index contributed by atoms with van der Waals surface area (Å²) >= 11 is 0. The van der Waals surface area contributed by atoms with Crippen LogP contribution in [0.1, 0.15) is 51.0 Å². The van der Waals surface area contributed by atoms with Gasteiger partial charge in [0.1, 0.15) is 11.9 Å². The second kappa shape index (κ2) is 8.90. The molecule has 1 aromatic heterocycles. The number of pyridine rings is 1. The number of hydrogen-bond acceptors (Lipinski definition) is 7. The predicted molar refractivity (Wildman–Crippen MR) is 118 cm³/mol. The van der Waals surface area contributed by atoms with Crippen molar-refractivity contribution in [2.45, 2.75) is 58.0 Å². The molecule has 0 radical (unpaired) electrons. The quantitative estimate of drug-likeness (QED) is 0.282. The van der Waals surface area contributed by atoms with Crippen LogP contribution in [0.5, 0.6) is 5.88 Å². The molecule has 2 saturated carbocycles. The highest BCUT2D eigenvalue weighted by Gasteiger charge is 2.45. The summed E-state index contributed by atoms with van der Waals surface area (Å²) in [5.74, 6) is 13.8. The van der Waals surface area contributed by atoms with Gasteiger partial charge >= 0.3 is 6.09 Å². The van der Waals surface area contributed by atoms with Gasteiger partial charge in [0.15, 0.2) is 0 Å². The number of ether oxygens (including phenoxy) is 2. The van der Waals surface area contributed by atoms with Gasteiger partial charge in [-0.2, -0.15) is 5.10 Å². The highest BCUT2D eigenvalue weighted by Crippen LogP contribution is 2.50. The third-order valence-corrected chi connectivity index (χ3v) is 6.90. The average Bonchev–Trinajstić information content (AvgIpc) is 3.67. The van der Waals surface area contributed by atoms with Crippen molar-refractivity contribution in [3.8, 4) is 5.88 Å². The number of hydrazone groups is 1. The van der Waals surface area contributed by atoms with Gasteiger partial charge in [-0.1, -0.05) is 0 Å². The number of aromatic nitrogens is 1. The number of hydrogen-bond donors (Lipinski definition) is 2. The molecule has 1 aliphatic heterocycles. The summed E-state index contributed by atoms with van der Waals surface area (Å²) in [7, 11) is 0. The highest BCUT2D eigenvalue weighted by atomic mass is 16.6. The molecular weight excluding hydrogens is 396 g/mol. The van der Waals surface area contributed by atoms with E-state index in [1.807, 2.05) is 24.8 Å². The predicted octanol–water partition coefficient (Wildman–Crippen LogP) is 2.78. The zero-order valence-corrected chi connectivity index (χ0v) is 18.5. The summed E-state index contributed by atoms with van der Waals surface area (Å²) in [5, 5.41) is 4.72. The number of likely N-dealkylation sites (tertiary alicyclic amines) is 1. The topological polar surface area (TPSA) is 119 Å². The van der Waals surface area contributed by atoms with Crippen LogP contribution in [0.25, 0.3) is 0 Å². The molecule has 3 fully saturated rings. The van der Waals surface area contributed by atoms with E-state index in [2.05, 4.69) is 10.1 Å². The van der Waals surface area contributed by atoms with Crippen LogP contribution in [0.15, 0.2) is 17.4 Å². The molecule has 9 heteroatoms. The van der Waals surface area contributed by atoms with E-state index in [4.69, 9.17) is 21.2 Å². The van der Waals surface area contributed by atoms with E-state index in [1.54, 1.807) is 6.20 Å². The van der Waals surface area contributed by atoms with Crippen LogP contribution >= 0.6 is 0 Å². The minimum atomic E-state index is -0.189. The first kappa shape index (κ1) is 21.7. The number of nitrogens with zero attached hydrogens (tertiary/aromatic N) is 4. The van der Waals surface area contributed by atoms with E-state index in [0.717, 1.165) is 56.7 Å². The minimum absolute atomic E-state index is 0.124. The molecule has 0 aromatic carbocycles. The lowest BCUT2D eigenvalue weighted by molar-refractivity contribution is 0.0473. The summed E-state index contributed by atoms with van der Waals surface area (Å²) in [6.07, 6.45) is 9.30. The number of carbonyl (C=O) groups is 1. The maximum absolute atomic E-state index is 12.3. The Balaban J connectivity index is 1.16. The highest BCUT2D eigenvalue weighted by molar-refractivity contribution is 5.77. The van der Waals surface area contributed by atoms with E-state index in [1.165, 1.54) is 17.8 Å². The lowest BCUT2D eigenvalue weighted by Crippen LogP contribution is -2.40. The van der Waals surface area contributed by atoms with Gasteiger partial charge in [-0.3, -0.25) is 5.01 Å². The molecule has 3 aliphatic rings. The Morgan fingerprint density at radius 2 is 2.16 bits per heavy atom. The van der Waals surface area contributed by atoms with Crippen LogP contribution in [0.4, 0.5) is 10.5 Å². The van der Waals surface area contributed by atoms with Crippen molar-refractivity contribution < 1.29 is 14.3 Å². The van der Waals surface area contributed by atoms with Crippen molar-refractivity contribution in [2.75, 3.05) is 24.7 Å². The largest absolute Gasteiger partial charge is 0.477 e. The van der Waals surface area contributed by atoms with E-state index in [9.17, 15) is 4.79 Å². The Hall–Kier alpha value is -2.55. The molecule has 0 unspecified atom stereocenters. The number of anilines is 1. The van der Waals surface area contributed by atoms with Gasteiger partial charge in [0.2, 0.25) is 5.88 Å². The Labute approximate surface area is 183 Å². The van der Waals surface area contributed by atoms with Gasteiger partial charge in [0, 0.05) is 18.7 Å². The molecular formula is C22H34N6O3. The van der Waals surface area contributed by atoms with Crippen LogP contribution in [0.3, 0.4) is 0 Å². The fourth-order valence-electron chi connectivity index (χ4n) is 4.53. The SMILES string of the molecule is Cc1cc(N(N)/C=N\N)cnc1OCC[C@@H]1C[C@@H]1C1CCN(C(=O)OC2(C)CC2)CC1. The van der Waals surface area contributed by atoms with Gasteiger partial charge in [0.25, 0.3) is 0 Å². The Morgan fingerprint density at radius 3 is 2.81 bits per heavy atom. The number of piperidine rings is 1. The van der Waals surface area contributed by atoms with Crippen molar-refractivity contribution in [1.82, 2.24) is 9.88 Å². The molecule has 0 bridgehead atoms. The summed E-state index contributed by atoms with van der Waals surface area (Å²) in [6, 6.07) is 1.90. The van der Waals surface area contributed by atoms with E-state index in [0.29, 0.717) is 30.0 Å².